The summed E-state index contributed by atoms with van der Waals surface area (Å²) >= 11 is 6.01. The van der Waals surface area contributed by atoms with Crippen molar-refractivity contribution in [3.8, 4) is 5.88 Å². The fraction of sp³-hybridized carbons (Fsp3) is 0.571. The van der Waals surface area contributed by atoms with Crippen LogP contribution in [0.25, 0.3) is 0 Å². The number of benzene rings is 1. The van der Waals surface area contributed by atoms with E-state index in [4.69, 9.17) is 16.3 Å². The second-order valence-electron chi connectivity index (χ2n) is 11.6. The number of fused-ring (bicyclic) bond motifs is 1. The third-order valence-corrected chi connectivity index (χ3v) is 7.63. The lowest BCUT2D eigenvalue weighted by Gasteiger charge is -2.47. The van der Waals surface area contributed by atoms with Gasteiger partial charge in [0.05, 0.1) is 12.1 Å². The van der Waals surface area contributed by atoms with Crippen LogP contribution in [0.1, 0.15) is 69.2 Å². The van der Waals surface area contributed by atoms with E-state index < -0.39 is 18.2 Å². The maximum atomic E-state index is 11.8. The number of carboxylic acid groups (broad SMARTS) is 1. The minimum absolute atomic E-state index is 0.0255. The van der Waals surface area contributed by atoms with Crippen LogP contribution in [0.2, 0.25) is 5.02 Å². The summed E-state index contributed by atoms with van der Waals surface area (Å²) in [6.45, 7) is 6.87. The van der Waals surface area contributed by atoms with E-state index >= 15 is 0 Å². The third kappa shape index (κ3) is 6.31. The Balaban J connectivity index is 1.52. The van der Waals surface area contributed by atoms with E-state index in [0.717, 1.165) is 48.8 Å². The summed E-state index contributed by atoms with van der Waals surface area (Å²) in [5.41, 5.74) is 3.03. The van der Waals surface area contributed by atoms with Crippen molar-refractivity contribution in [1.82, 2.24) is 15.2 Å². The topological polar surface area (TPSA) is 94.9 Å². The van der Waals surface area contributed by atoms with Crippen LogP contribution < -0.4 is 10.1 Å². The van der Waals surface area contributed by atoms with Gasteiger partial charge in [0, 0.05) is 42.8 Å². The van der Waals surface area contributed by atoms with Gasteiger partial charge in [-0.15, -0.1) is 0 Å². The lowest BCUT2D eigenvalue weighted by molar-refractivity contribution is -0.0425. The molecule has 1 saturated carbocycles. The summed E-state index contributed by atoms with van der Waals surface area (Å²) < 4.78 is 6.37. The van der Waals surface area contributed by atoms with Crippen LogP contribution in [-0.4, -0.2) is 57.5 Å². The Kier molecular flexibility index (Phi) is 7.83. The van der Waals surface area contributed by atoms with Gasteiger partial charge in [-0.1, -0.05) is 44.5 Å². The van der Waals surface area contributed by atoms with Gasteiger partial charge in [0.2, 0.25) is 5.88 Å². The highest BCUT2D eigenvalue weighted by Crippen LogP contribution is 2.48. The van der Waals surface area contributed by atoms with Gasteiger partial charge in [0.1, 0.15) is 5.60 Å². The van der Waals surface area contributed by atoms with E-state index in [-0.39, 0.29) is 23.6 Å². The molecule has 2 heterocycles. The lowest BCUT2D eigenvalue weighted by Crippen LogP contribution is -2.52. The number of rotatable bonds is 8. The molecule has 3 atom stereocenters. The summed E-state index contributed by atoms with van der Waals surface area (Å²) in [7, 11) is 1.50. The lowest BCUT2D eigenvalue weighted by atomic mass is 9.73. The number of aromatic nitrogens is 1. The molecule has 1 spiro atoms. The molecule has 7 nitrogen and oxygen atoms in total. The van der Waals surface area contributed by atoms with E-state index in [1.165, 1.54) is 11.9 Å². The third-order valence-electron chi connectivity index (χ3n) is 7.37. The van der Waals surface area contributed by atoms with E-state index in [9.17, 15) is 15.0 Å². The standard InChI is InChI=1S/C28H38ClN3O4/c1-27(2,3)14-19-12-21-22(15-28(10-5-11-28)36-25(21)31-16-19)30-17-24(33)23(32(4)26(34)35)13-18-6-8-20(29)9-7-18/h6-9,12,16,22-24,30,33H,5,10-11,13-15,17H2,1-4H3,(H,34,35)/t22-,23-,24+/m0/s1. The number of hydrogen-bond acceptors (Lipinski definition) is 5. The number of pyridine rings is 1. The predicted octanol–water partition coefficient (Wildman–Crippen LogP) is 5.24. The molecule has 8 heteroatoms. The van der Waals surface area contributed by atoms with Crippen molar-refractivity contribution in [2.24, 2.45) is 5.41 Å². The Bertz CT molecular complexity index is 1070. The molecule has 1 aliphatic carbocycles. The summed E-state index contributed by atoms with van der Waals surface area (Å²) in [5.74, 6) is 0.672. The number of amides is 1. The van der Waals surface area contributed by atoms with Crippen LogP contribution in [0.15, 0.2) is 36.5 Å². The van der Waals surface area contributed by atoms with Gasteiger partial charge in [-0.2, -0.15) is 0 Å². The Morgan fingerprint density at radius 2 is 1.97 bits per heavy atom. The highest BCUT2D eigenvalue weighted by atomic mass is 35.5. The normalized spacial score (nSPS) is 20.1. The Morgan fingerprint density at radius 3 is 2.56 bits per heavy atom. The molecule has 1 amide bonds. The van der Waals surface area contributed by atoms with E-state index in [1.807, 2.05) is 18.3 Å². The second-order valence-corrected chi connectivity index (χ2v) is 12.1. The summed E-state index contributed by atoms with van der Waals surface area (Å²) in [4.78, 5) is 17.7. The monoisotopic (exact) mass is 515 g/mol. The quantitative estimate of drug-likeness (QED) is 0.445. The zero-order valence-corrected chi connectivity index (χ0v) is 22.4. The van der Waals surface area contributed by atoms with Crippen LogP contribution >= 0.6 is 11.6 Å². The summed E-state index contributed by atoms with van der Waals surface area (Å²) in [6, 6.07) is 8.82. The van der Waals surface area contributed by atoms with Gasteiger partial charge in [-0.05, 0) is 66.8 Å². The van der Waals surface area contributed by atoms with E-state index in [0.29, 0.717) is 17.3 Å². The van der Waals surface area contributed by atoms with E-state index in [2.05, 4.69) is 37.1 Å². The molecule has 0 saturated heterocycles. The molecule has 1 aromatic heterocycles. The fourth-order valence-corrected chi connectivity index (χ4v) is 5.41. The first-order valence-corrected chi connectivity index (χ1v) is 13.1. The van der Waals surface area contributed by atoms with Crippen LogP contribution in [0.3, 0.4) is 0 Å². The number of nitrogens with one attached hydrogen (secondary N) is 1. The number of ether oxygens (including phenoxy) is 1. The molecule has 36 heavy (non-hydrogen) atoms. The smallest absolute Gasteiger partial charge is 0.407 e. The molecule has 0 radical (unpaired) electrons. The van der Waals surface area contributed by atoms with Crippen molar-refractivity contribution in [3.63, 3.8) is 0 Å². The van der Waals surface area contributed by atoms with Crippen LogP contribution in [-0.2, 0) is 12.8 Å². The van der Waals surface area contributed by atoms with Crippen LogP contribution in [0.4, 0.5) is 4.79 Å². The Hall–Kier alpha value is -2.35. The largest absolute Gasteiger partial charge is 0.471 e. The number of nitrogens with zero attached hydrogens (tertiary/aromatic N) is 2. The maximum Gasteiger partial charge on any atom is 0.407 e. The van der Waals surface area contributed by atoms with Crippen molar-refractivity contribution in [3.05, 3.63) is 58.2 Å². The van der Waals surface area contributed by atoms with Crippen molar-refractivity contribution >= 4 is 17.7 Å². The molecule has 196 valence electrons. The number of carbonyl (C=O) groups is 1. The molecule has 0 unspecified atom stereocenters. The summed E-state index contributed by atoms with van der Waals surface area (Å²) in [5, 5.41) is 25.0. The molecular formula is C28H38ClN3O4. The first-order chi connectivity index (χ1) is 16.9. The highest BCUT2D eigenvalue weighted by molar-refractivity contribution is 6.30. The van der Waals surface area contributed by atoms with Crippen molar-refractivity contribution < 1.29 is 19.7 Å². The van der Waals surface area contributed by atoms with Gasteiger partial charge < -0.3 is 25.2 Å². The number of hydrogen-bond donors (Lipinski definition) is 3. The number of halogens is 1. The van der Waals surface area contributed by atoms with Gasteiger partial charge in [-0.3, -0.25) is 0 Å². The van der Waals surface area contributed by atoms with Gasteiger partial charge >= 0.3 is 6.09 Å². The first-order valence-electron chi connectivity index (χ1n) is 12.7. The molecule has 1 fully saturated rings. The minimum atomic E-state index is -1.08. The maximum absolute atomic E-state index is 11.8. The summed E-state index contributed by atoms with van der Waals surface area (Å²) in [6.07, 6.45) is 5.17. The molecular weight excluding hydrogens is 478 g/mol. The number of likely N-dealkylation sites (N-methyl/N-ethyl adjacent to an activating group) is 1. The van der Waals surface area contributed by atoms with Gasteiger partial charge in [0.25, 0.3) is 0 Å². The van der Waals surface area contributed by atoms with Gasteiger partial charge in [0.15, 0.2) is 0 Å². The fourth-order valence-electron chi connectivity index (χ4n) is 5.28. The molecule has 4 rings (SSSR count). The van der Waals surface area contributed by atoms with E-state index in [1.54, 1.807) is 12.1 Å². The van der Waals surface area contributed by atoms with Crippen LogP contribution in [0.5, 0.6) is 5.88 Å². The average molecular weight is 516 g/mol. The molecule has 2 aliphatic rings. The average Bonchev–Trinajstić information content (AvgIpc) is 2.79. The Labute approximate surface area is 218 Å². The van der Waals surface area contributed by atoms with Gasteiger partial charge in [-0.25, -0.2) is 9.78 Å². The number of aliphatic hydroxyl groups excluding tert-OH is 1. The van der Waals surface area contributed by atoms with Crippen molar-refractivity contribution in [2.75, 3.05) is 13.6 Å². The van der Waals surface area contributed by atoms with Crippen LogP contribution in [0, 0.1) is 5.41 Å². The predicted molar refractivity (Wildman–Crippen MR) is 141 cm³/mol. The molecule has 1 aromatic carbocycles. The zero-order chi connectivity index (χ0) is 26.1. The zero-order valence-electron chi connectivity index (χ0n) is 21.6. The van der Waals surface area contributed by atoms with Crippen molar-refractivity contribution in [2.45, 2.75) is 83.1 Å². The highest BCUT2D eigenvalue weighted by Gasteiger charge is 2.46. The molecule has 2 aromatic rings. The first kappa shape index (κ1) is 26.7. The second kappa shape index (κ2) is 10.6. The number of aliphatic hydroxyl groups is 1. The molecule has 3 N–H and O–H groups in total. The molecule has 1 aliphatic heterocycles. The minimum Gasteiger partial charge on any atom is -0.471 e. The Morgan fingerprint density at radius 1 is 1.28 bits per heavy atom. The SMILES string of the molecule is CN(C(=O)O)[C@@H](Cc1ccc(Cl)cc1)[C@H](O)CN[C@H]1CC2(CCC2)Oc2ncc(CC(C)(C)C)cc21. The molecule has 0 bridgehead atoms. The van der Waals surface area contributed by atoms with Crippen molar-refractivity contribution in [1.29, 1.82) is 0 Å².